The van der Waals surface area contributed by atoms with Crippen LogP contribution in [0.4, 0.5) is 0 Å². The third kappa shape index (κ3) is 2.36. The lowest BCUT2D eigenvalue weighted by atomic mass is 10.1. The first kappa shape index (κ1) is 12.5. The third-order valence-electron chi connectivity index (χ3n) is 3.04. The van der Waals surface area contributed by atoms with Gasteiger partial charge in [-0.1, -0.05) is 22.0 Å². The maximum atomic E-state index is 12.2. The number of β-amino-alcohol motifs (C(OH)–C–C–N with tert-alkyl or cyclic N) is 2. The molecule has 92 valence electrons. The maximum Gasteiger partial charge on any atom is 0.254 e. The van der Waals surface area contributed by atoms with E-state index in [0.717, 1.165) is 10.0 Å². The summed E-state index contributed by atoms with van der Waals surface area (Å²) in [7, 11) is 0. The molecule has 2 rings (SSSR count). The summed E-state index contributed by atoms with van der Waals surface area (Å²) in [5.41, 5.74) is 1.47. The van der Waals surface area contributed by atoms with Gasteiger partial charge >= 0.3 is 0 Å². The molecule has 1 aliphatic rings. The van der Waals surface area contributed by atoms with Crippen molar-refractivity contribution in [3.63, 3.8) is 0 Å². The summed E-state index contributed by atoms with van der Waals surface area (Å²) in [6.07, 6.45) is -1.68. The quantitative estimate of drug-likeness (QED) is 0.811. The number of carbonyl (C=O) groups is 1. The molecule has 4 nitrogen and oxygen atoms in total. The summed E-state index contributed by atoms with van der Waals surface area (Å²) in [4.78, 5) is 13.7. The second-order valence-corrected chi connectivity index (χ2v) is 5.11. The average molecular weight is 300 g/mol. The number of aliphatic hydroxyl groups excluding tert-OH is 2. The number of hydrogen-bond donors (Lipinski definition) is 2. The number of carbonyl (C=O) groups excluding carboxylic acids is 1. The Morgan fingerprint density at radius 2 is 1.94 bits per heavy atom. The predicted octanol–water partition coefficient (Wildman–Crippen LogP) is 0.935. The summed E-state index contributed by atoms with van der Waals surface area (Å²) in [5.74, 6) is -0.153. The molecule has 17 heavy (non-hydrogen) atoms. The number of aliphatic hydroxyl groups is 2. The van der Waals surface area contributed by atoms with Gasteiger partial charge in [0.2, 0.25) is 0 Å². The zero-order valence-corrected chi connectivity index (χ0v) is 11.0. The highest BCUT2D eigenvalue weighted by atomic mass is 79.9. The molecule has 1 amide bonds. The molecule has 0 bridgehead atoms. The minimum Gasteiger partial charge on any atom is -0.388 e. The van der Waals surface area contributed by atoms with Crippen molar-refractivity contribution in [1.82, 2.24) is 4.90 Å². The normalized spacial score (nSPS) is 24.1. The minimum absolute atomic E-state index is 0.153. The molecule has 0 spiro atoms. The lowest BCUT2D eigenvalue weighted by Crippen LogP contribution is -2.30. The van der Waals surface area contributed by atoms with Crippen LogP contribution in [0, 0.1) is 6.92 Å². The van der Waals surface area contributed by atoms with Gasteiger partial charge in [0, 0.05) is 23.1 Å². The second-order valence-electron chi connectivity index (χ2n) is 4.26. The monoisotopic (exact) mass is 299 g/mol. The molecule has 0 radical (unpaired) electrons. The Morgan fingerprint density at radius 3 is 2.53 bits per heavy atom. The Hall–Kier alpha value is -0.910. The largest absolute Gasteiger partial charge is 0.388 e. The number of benzene rings is 1. The minimum atomic E-state index is -0.841. The van der Waals surface area contributed by atoms with E-state index >= 15 is 0 Å². The van der Waals surface area contributed by atoms with Crippen LogP contribution in [0.15, 0.2) is 22.7 Å². The molecule has 1 aliphatic heterocycles. The summed E-state index contributed by atoms with van der Waals surface area (Å²) in [5, 5.41) is 18.9. The van der Waals surface area contributed by atoms with Gasteiger partial charge in [-0.25, -0.2) is 0 Å². The number of halogens is 1. The summed E-state index contributed by atoms with van der Waals surface area (Å²) in [6.45, 7) is 2.23. The Labute approximate surface area is 108 Å². The van der Waals surface area contributed by atoms with Crippen molar-refractivity contribution in [3.8, 4) is 0 Å². The summed E-state index contributed by atoms with van der Waals surface area (Å²) in [6, 6.07) is 5.42. The van der Waals surface area contributed by atoms with E-state index in [4.69, 9.17) is 0 Å². The molecule has 5 heteroatoms. The van der Waals surface area contributed by atoms with Crippen LogP contribution >= 0.6 is 15.9 Å². The molecule has 1 aromatic carbocycles. The number of amides is 1. The predicted molar refractivity (Wildman–Crippen MR) is 66.8 cm³/mol. The molecule has 2 atom stereocenters. The Morgan fingerprint density at radius 1 is 1.35 bits per heavy atom. The van der Waals surface area contributed by atoms with E-state index in [1.54, 1.807) is 12.1 Å². The van der Waals surface area contributed by atoms with Crippen molar-refractivity contribution in [2.75, 3.05) is 13.1 Å². The Kier molecular flexibility index (Phi) is 3.51. The Balaban J connectivity index is 2.24. The average Bonchev–Trinajstić information content (AvgIpc) is 2.62. The standard InChI is InChI=1S/C12H14BrNO3/c1-7-8(3-2-4-9(7)13)12(17)14-5-10(15)11(16)6-14/h2-4,10-11,15-16H,5-6H2,1H3. The van der Waals surface area contributed by atoms with Crippen LogP contribution in [0.25, 0.3) is 0 Å². The lowest BCUT2D eigenvalue weighted by molar-refractivity contribution is 0.0572. The van der Waals surface area contributed by atoms with E-state index in [0.29, 0.717) is 5.56 Å². The van der Waals surface area contributed by atoms with E-state index in [1.807, 2.05) is 13.0 Å². The number of hydrogen-bond acceptors (Lipinski definition) is 3. The van der Waals surface area contributed by atoms with Crippen LogP contribution in [0.2, 0.25) is 0 Å². The molecule has 0 aromatic heterocycles. The van der Waals surface area contributed by atoms with Crippen LogP contribution in [-0.4, -0.2) is 46.3 Å². The molecule has 2 unspecified atom stereocenters. The van der Waals surface area contributed by atoms with Crippen molar-refractivity contribution < 1.29 is 15.0 Å². The van der Waals surface area contributed by atoms with E-state index in [1.165, 1.54) is 4.90 Å². The fraction of sp³-hybridized carbons (Fsp3) is 0.417. The van der Waals surface area contributed by atoms with E-state index in [-0.39, 0.29) is 19.0 Å². The van der Waals surface area contributed by atoms with Gasteiger partial charge < -0.3 is 15.1 Å². The highest BCUT2D eigenvalue weighted by Crippen LogP contribution is 2.22. The van der Waals surface area contributed by atoms with Gasteiger partial charge in [0.1, 0.15) is 0 Å². The number of rotatable bonds is 1. The molecule has 0 aliphatic carbocycles. The molecular weight excluding hydrogens is 286 g/mol. The van der Waals surface area contributed by atoms with Gasteiger partial charge in [-0.2, -0.15) is 0 Å². The first-order valence-electron chi connectivity index (χ1n) is 5.41. The zero-order chi connectivity index (χ0) is 12.6. The van der Waals surface area contributed by atoms with Gasteiger partial charge in [0.25, 0.3) is 5.91 Å². The Bertz CT molecular complexity index is 439. The molecule has 1 saturated heterocycles. The first-order valence-corrected chi connectivity index (χ1v) is 6.20. The van der Waals surface area contributed by atoms with Crippen LogP contribution in [-0.2, 0) is 0 Å². The topological polar surface area (TPSA) is 60.8 Å². The molecule has 1 fully saturated rings. The van der Waals surface area contributed by atoms with Gasteiger partial charge in [0.15, 0.2) is 0 Å². The van der Waals surface area contributed by atoms with Crippen molar-refractivity contribution in [3.05, 3.63) is 33.8 Å². The summed E-state index contributed by atoms with van der Waals surface area (Å²) >= 11 is 3.38. The molecule has 0 saturated carbocycles. The van der Waals surface area contributed by atoms with Gasteiger partial charge in [-0.15, -0.1) is 0 Å². The van der Waals surface area contributed by atoms with Crippen LogP contribution in [0.1, 0.15) is 15.9 Å². The highest BCUT2D eigenvalue weighted by molar-refractivity contribution is 9.10. The fourth-order valence-electron chi connectivity index (χ4n) is 1.94. The second kappa shape index (κ2) is 4.76. The molecule has 1 heterocycles. The van der Waals surface area contributed by atoms with Crippen molar-refractivity contribution >= 4 is 21.8 Å². The maximum absolute atomic E-state index is 12.2. The number of nitrogens with zero attached hydrogens (tertiary/aromatic N) is 1. The van der Waals surface area contributed by atoms with Gasteiger partial charge in [-0.3, -0.25) is 4.79 Å². The van der Waals surface area contributed by atoms with Gasteiger partial charge in [-0.05, 0) is 24.6 Å². The SMILES string of the molecule is Cc1c(Br)cccc1C(=O)N1CC(O)C(O)C1. The van der Waals surface area contributed by atoms with E-state index < -0.39 is 12.2 Å². The first-order chi connectivity index (χ1) is 8.00. The summed E-state index contributed by atoms with van der Waals surface area (Å²) < 4.78 is 0.878. The van der Waals surface area contributed by atoms with Crippen molar-refractivity contribution in [2.45, 2.75) is 19.1 Å². The lowest BCUT2D eigenvalue weighted by Gasteiger charge is -2.17. The van der Waals surface area contributed by atoms with Crippen molar-refractivity contribution in [1.29, 1.82) is 0 Å². The molecular formula is C12H14BrNO3. The van der Waals surface area contributed by atoms with Crippen LogP contribution in [0.3, 0.4) is 0 Å². The fourth-order valence-corrected chi connectivity index (χ4v) is 2.31. The third-order valence-corrected chi connectivity index (χ3v) is 3.90. The van der Waals surface area contributed by atoms with Gasteiger partial charge in [0.05, 0.1) is 12.2 Å². The molecule has 1 aromatic rings. The molecule has 2 N–H and O–H groups in total. The van der Waals surface area contributed by atoms with E-state index in [2.05, 4.69) is 15.9 Å². The van der Waals surface area contributed by atoms with Crippen LogP contribution in [0.5, 0.6) is 0 Å². The number of likely N-dealkylation sites (tertiary alicyclic amines) is 1. The van der Waals surface area contributed by atoms with E-state index in [9.17, 15) is 15.0 Å². The van der Waals surface area contributed by atoms with Crippen LogP contribution < -0.4 is 0 Å². The smallest absolute Gasteiger partial charge is 0.254 e. The zero-order valence-electron chi connectivity index (χ0n) is 9.43. The van der Waals surface area contributed by atoms with Crippen molar-refractivity contribution in [2.24, 2.45) is 0 Å². The highest BCUT2D eigenvalue weighted by Gasteiger charge is 2.33.